The number of benzene rings is 1. The molecule has 0 atom stereocenters. The molecule has 2 aromatic rings. The average molecular weight is 340 g/mol. The van der Waals surface area contributed by atoms with Crippen LogP contribution in [-0.4, -0.2) is 67.0 Å². The third-order valence-corrected chi connectivity index (χ3v) is 4.30. The second-order valence-electron chi connectivity index (χ2n) is 6.19. The number of aromatic nitrogens is 1. The van der Waals surface area contributed by atoms with Crippen LogP contribution in [0.1, 0.15) is 10.4 Å². The summed E-state index contributed by atoms with van der Waals surface area (Å²) < 4.78 is 5.80. The maximum atomic E-state index is 12.5. The number of nitrogens with zero attached hydrogens (tertiary/aromatic N) is 3. The zero-order valence-electron chi connectivity index (χ0n) is 14.5. The molecule has 1 aliphatic rings. The van der Waals surface area contributed by atoms with E-state index in [0.717, 1.165) is 32.7 Å². The van der Waals surface area contributed by atoms with Crippen LogP contribution >= 0.6 is 0 Å². The minimum atomic E-state index is -0.117. The number of amides is 1. The number of para-hydroxylation sites is 1. The zero-order valence-corrected chi connectivity index (χ0v) is 14.5. The minimum Gasteiger partial charge on any atom is -0.455 e. The van der Waals surface area contributed by atoms with Crippen molar-refractivity contribution in [3.8, 4) is 11.5 Å². The van der Waals surface area contributed by atoms with E-state index in [1.54, 1.807) is 30.6 Å². The Morgan fingerprint density at radius 2 is 1.96 bits per heavy atom. The van der Waals surface area contributed by atoms with Crippen molar-refractivity contribution in [1.29, 1.82) is 0 Å². The number of rotatable bonds is 6. The molecule has 1 aromatic heterocycles. The van der Waals surface area contributed by atoms with E-state index in [4.69, 9.17) is 4.74 Å². The lowest BCUT2D eigenvalue weighted by Crippen LogP contribution is -2.46. The fourth-order valence-corrected chi connectivity index (χ4v) is 2.77. The van der Waals surface area contributed by atoms with Crippen molar-refractivity contribution in [3.63, 3.8) is 0 Å². The Bertz CT molecular complexity index is 685. The van der Waals surface area contributed by atoms with Gasteiger partial charge in [-0.3, -0.25) is 14.7 Å². The number of carbonyl (C=O) groups excluding carboxylic acids is 1. The van der Waals surface area contributed by atoms with Crippen molar-refractivity contribution in [2.45, 2.75) is 0 Å². The number of hydrogen-bond acceptors (Lipinski definition) is 5. The van der Waals surface area contributed by atoms with Gasteiger partial charge in [0, 0.05) is 45.5 Å². The average Bonchev–Trinajstić information content (AvgIpc) is 2.64. The SMILES string of the molecule is CN1CCN(CCNC(=O)c2ccccc2Oc2cccnc2)CC1. The van der Waals surface area contributed by atoms with Gasteiger partial charge >= 0.3 is 0 Å². The molecule has 1 aliphatic heterocycles. The van der Waals surface area contributed by atoms with Crippen LogP contribution in [0.15, 0.2) is 48.8 Å². The summed E-state index contributed by atoms with van der Waals surface area (Å²) in [5, 5.41) is 2.99. The summed E-state index contributed by atoms with van der Waals surface area (Å²) in [5.41, 5.74) is 0.532. The fraction of sp³-hybridized carbons (Fsp3) is 0.368. The summed E-state index contributed by atoms with van der Waals surface area (Å²) >= 11 is 0. The van der Waals surface area contributed by atoms with E-state index >= 15 is 0 Å². The van der Waals surface area contributed by atoms with Crippen LogP contribution in [0.4, 0.5) is 0 Å². The molecule has 1 amide bonds. The molecule has 0 bridgehead atoms. The van der Waals surface area contributed by atoms with Gasteiger partial charge < -0.3 is 15.0 Å². The molecule has 0 aliphatic carbocycles. The highest BCUT2D eigenvalue weighted by atomic mass is 16.5. The monoisotopic (exact) mass is 340 g/mol. The van der Waals surface area contributed by atoms with Gasteiger partial charge in [-0.15, -0.1) is 0 Å². The minimum absolute atomic E-state index is 0.117. The summed E-state index contributed by atoms with van der Waals surface area (Å²) in [5.74, 6) is 1.03. The van der Waals surface area contributed by atoms with Crippen LogP contribution in [-0.2, 0) is 0 Å². The quantitative estimate of drug-likeness (QED) is 0.870. The molecule has 1 fully saturated rings. The largest absolute Gasteiger partial charge is 0.455 e. The van der Waals surface area contributed by atoms with Crippen molar-refractivity contribution in [3.05, 3.63) is 54.4 Å². The molecule has 132 valence electrons. The van der Waals surface area contributed by atoms with E-state index in [2.05, 4.69) is 27.1 Å². The number of hydrogen-bond donors (Lipinski definition) is 1. The Kier molecular flexibility index (Phi) is 5.98. The number of pyridine rings is 1. The third kappa shape index (κ3) is 5.01. The Balaban J connectivity index is 1.55. The Morgan fingerprint density at radius 1 is 1.16 bits per heavy atom. The summed E-state index contributed by atoms with van der Waals surface area (Å²) in [4.78, 5) is 21.2. The van der Waals surface area contributed by atoms with Crippen LogP contribution in [0.25, 0.3) is 0 Å². The number of carbonyl (C=O) groups is 1. The van der Waals surface area contributed by atoms with E-state index in [9.17, 15) is 4.79 Å². The fourth-order valence-electron chi connectivity index (χ4n) is 2.77. The lowest BCUT2D eigenvalue weighted by Gasteiger charge is -2.32. The van der Waals surface area contributed by atoms with Gasteiger partial charge in [0.05, 0.1) is 11.8 Å². The Morgan fingerprint density at radius 3 is 2.72 bits per heavy atom. The van der Waals surface area contributed by atoms with E-state index in [1.165, 1.54) is 0 Å². The molecule has 6 heteroatoms. The van der Waals surface area contributed by atoms with Gasteiger partial charge in [-0.05, 0) is 31.3 Å². The summed E-state index contributed by atoms with van der Waals surface area (Å²) in [7, 11) is 2.14. The first-order valence-corrected chi connectivity index (χ1v) is 8.58. The number of nitrogens with one attached hydrogen (secondary N) is 1. The molecule has 1 aromatic carbocycles. The molecule has 0 saturated carbocycles. The van der Waals surface area contributed by atoms with Crippen LogP contribution in [0.2, 0.25) is 0 Å². The van der Waals surface area contributed by atoms with Gasteiger partial charge in [-0.2, -0.15) is 0 Å². The number of piperazine rings is 1. The van der Waals surface area contributed by atoms with E-state index in [0.29, 0.717) is 23.6 Å². The van der Waals surface area contributed by atoms with Gasteiger partial charge in [0.25, 0.3) is 5.91 Å². The van der Waals surface area contributed by atoms with E-state index in [-0.39, 0.29) is 5.91 Å². The highest BCUT2D eigenvalue weighted by Crippen LogP contribution is 2.24. The number of ether oxygens (including phenoxy) is 1. The van der Waals surface area contributed by atoms with Gasteiger partial charge in [-0.1, -0.05) is 12.1 Å². The van der Waals surface area contributed by atoms with Crippen LogP contribution < -0.4 is 10.1 Å². The standard InChI is InChI=1S/C19H24N4O2/c1-22-11-13-23(14-12-22)10-9-21-19(24)17-6-2-3-7-18(17)25-16-5-4-8-20-15-16/h2-8,15H,9-14H2,1H3,(H,21,24). The smallest absolute Gasteiger partial charge is 0.255 e. The summed E-state index contributed by atoms with van der Waals surface area (Å²) in [6, 6.07) is 10.9. The van der Waals surface area contributed by atoms with Crippen molar-refractivity contribution >= 4 is 5.91 Å². The van der Waals surface area contributed by atoms with Crippen molar-refractivity contribution in [2.75, 3.05) is 46.3 Å². The maximum Gasteiger partial charge on any atom is 0.255 e. The van der Waals surface area contributed by atoms with Crippen LogP contribution in [0, 0.1) is 0 Å². The molecule has 25 heavy (non-hydrogen) atoms. The third-order valence-electron chi connectivity index (χ3n) is 4.30. The molecule has 1 saturated heterocycles. The highest BCUT2D eigenvalue weighted by molar-refractivity contribution is 5.97. The topological polar surface area (TPSA) is 57.7 Å². The van der Waals surface area contributed by atoms with Gasteiger partial charge in [0.15, 0.2) is 0 Å². The van der Waals surface area contributed by atoms with E-state index < -0.39 is 0 Å². The first-order valence-electron chi connectivity index (χ1n) is 8.58. The van der Waals surface area contributed by atoms with Gasteiger partial charge in [0.1, 0.15) is 11.5 Å². The number of likely N-dealkylation sites (N-methyl/N-ethyl adjacent to an activating group) is 1. The van der Waals surface area contributed by atoms with Crippen molar-refractivity contribution in [1.82, 2.24) is 20.1 Å². The Hall–Kier alpha value is -2.44. The van der Waals surface area contributed by atoms with Gasteiger partial charge in [0.2, 0.25) is 0 Å². The summed E-state index contributed by atoms with van der Waals surface area (Å²) in [6.07, 6.45) is 3.31. The molecule has 0 radical (unpaired) electrons. The molecule has 0 unspecified atom stereocenters. The highest BCUT2D eigenvalue weighted by Gasteiger charge is 2.15. The molecule has 6 nitrogen and oxygen atoms in total. The maximum absolute atomic E-state index is 12.5. The molecular weight excluding hydrogens is 316 g/mol. The lowest BCUT2D eigenvalue weighted by molar-refractivity contribution is 0.0938. The predicted molar refractivity (Wildman–Crippen MR) is 97.0 cm³/mol. The normalized spacial score (nSPS) is 15.7. The second-order valence-corrected chi connectivity index (χ2v) is 6.19. The van der Waals surface area contributed by atoms with Crippen LogP contribution in [0.5, 0.6) is 11.5 Å². The van der Waals surface area contributed by atoms with Crippen LogP contribution in [0.3, 0.4) is 0 Å². The van der Waals surface area contributed by atoms with E-state index in [1.807, 2.05) is 18.2 Å². The Labute approximate surface area is 148 Å². The summed E-state index contributed by atoms with van der Waals surface area (Å²) in [6.45, 7) is 5.75. The first-order chi connectivity index (χ1) is 12.2. The van der Waals surface area contributed by atoms with Crippen molar-refractivity contribution in [2.24, 2.45) is 0 Å². The molecule has 2 heterocycles. The first kappa shape index (κ1) is 17.4. The molecular formula is C19H24N4O2. The molecule has 1 N–H and O–H groups in total. The van der Waals surface area contributed by atoms with Crippen molar-refractivity contribution < 1.29 is 9.53 Å². The second kappa shape index (κ2) is 8.60. The lowest BCUT2D eigenvalue weighted by atomic mass is 10.2. The zero-order chi connectivity index (χ0) is 17.5. The van der Waals surface area contributed by atoms with Gasteiger partial charge in [-0.25, -0.2) is 0 Å². The molecule has 3 rings (SSSR count). The predicted octanol–water partition coefficient (Wildman–Crippen LogP) is 1.85. The molecule has 0 spiro atoms.